The maximum atomic E-state index is 10.2. The molecule has 0 saturated heterocycles. The van der Waals surface area contributed by atoms with E-state index in [1.807, 2.05) is 0 Å². The predicted octanol–water partition coefficient (Wildman–Crippen LogP) is 2.32. The molecule has 0 bridgehead atoms. The van der Waals surface area contributed by atoms with Crippen LogP contribution in [0.25, 0.3) is 0 Å². The van der Waals surface area contributed by atoms with Gasteiger partial charge >= 0.3 is 0 Å². The van der Waals surface area contributed by atoms with Crippen LogP contribution in [0.15, 0.2) is 12.2 Å². The molecular weight excluding hydrogens is 124 g/mol. The lowest BCUT2D eigenvalue weighted by Crippen LogP contribution is -1.95. The molecule has 1 rings (SSSR count). The second-order valence-corrected chi connectivity index (χ2v) is 3.13. The Bertz CT molecular complexity index is 132. The molecule has 1 aliphatic rings. The molecule has 0 aromatic carbocycles. The van der Waals surface area contributed by atoms with Crippen LogP contribution in [0.1, 0.15) is 32.1 Å². The summed E-state index contributed by atoms with van der Waals surface area (Å²) in [6.07, 6.45) is 7.11. The Morgan fingerprint density at radius 1 is 1.50 bits per heavy atom. The van der Waals surface area contributed by atoms with E-state index in [-0.39, 0.29) is 0 Å². The summed E-state index contributed by atoms with van der Waals surface area (Å²) >= 11 is 0. The number of hydrogen-bond acceptors (Lipinski definition) is 1. The van der Waals surface area contributed by atoms with Gasteiger partial charge in [0.15, 0.2) is 0 Å². The number of allylic oxidation sites excluding steroid dienone is 1. The molecule has 0 radical (unpaired) electrons. The number of hydrogen-bond donors (Lipinski definition) is 0. The SMILES string of the molecule is C=C(C=O)CC1CCCC1. The van der Waals surface area contributed by atoms with E-state index in [0.717, 1.165) is 24.2 Å². The van der Waals surface area contributed by atoms with Gasteiger partial charge in [-0.1, -0.05) is 32.3 Å². The fourth-order valence-electron chi connectivity index (χ4n) is 1.63. The topological polar surface area (TPSA) is 17.1 Å². The lowest BCUT2D eigenvalue weighted by atomic mass is 10.00. The third kappa shape index (κ3) is 1.98. The first-order valence-corrected chi connectivity index (χ1v) is 3.96. The Hall–Kier alpha value is -0.590. The molecule has 1 fully saturated rings. The van der Waals surface area contributed by atoms with Crippen LogP contribution in [0, 0.1) is 5.92 Å². The molecule has 0 unspecified atom stereocenters. The first kappa shape index (κ1) is 7.52. The molecule has 0 N–H and O–H groups in total. The molecule has 0 aromatic heterocycles. The van der Waals surface area contributed by atoms with Crippen molar-refractivity contribution >= 4 is 6.29 Å². The second kappa shape index (κ2) is 3.55. The number of aldehydes is 1. The zero-order chi connectivity index (χ0) is 7.40. The maximum absolute atomic E-state index is 10.2. The highest BCUT2D eigenvalue weighted by Gasteiger charge is 2.14. The number of carbonyl (C=O) groups is 1. The predicted molar refractivity (Wildman–Crippen MR) is 41.8 cm³/mol. The Labute approximate surface area is 62.1 Å². The summed E-state index contributed by atoms with van der Waals surface area (Å²) in [4.78, 5) is 10.2. The molecule has 0 heterocycles. The quantitative estimate of drug-likeness (QED) is 0.432. The van der Waals surface area contributed by atoms with Crippen LogP contribution in [0.4, 0.5) is 0 Å². The van der Waals surface area contributed by atoms with E-state index in [1.165, 1.54) is 25.7 Å². The molecule has 1 nitrogen and oxygen atoms in total. The van der Waals surface area contributed by atoms with Crippen LogP contribution in [-0.2, 0) is 4.79 Å². The van der Waals surface area contributed by atoms with Gasteiger partial charge in [-0.15, -0.1) is 0 Å². The molecule has 0 atom stereocenters. The second-order valence-electron chi connectivity index (χ2n) is 3.13. The molecule has 1 saturated carbocycles. The molecular formula is C9H14O. The summed E-state index contributed by atoms with van der Waals surface area (Å²) in [5.74, 6) is 0.762. The molecule has 0 aromatic rings. The zero-order valence-corrected chi connectivity index (χ0v) is 6.31. The highest BCUT2D eigenvalue weighted by Crippen LogP contribution is 2.28. The minimum atomic E-state index is 0.762. The van der Waals surface area contributed by atoms with Gasteiger partial charge in [0.25, 0.3) is 0 Å². The van der Waals surface area contributed by atoms with Crippen LogP contribution in [0.5, 0.6) is 0 Å². The molecule has 0 spiro atoms. The molecule has 56 valence electrons. The van der Waals surface area contributed by atoms with Gasteiger partial charge in [0.2, 0.25) is 0 Å². The van der Waals surface area contributed by atoms with Gasteiger partial charge < -0.3 is 0 Å². The van der Waals surface area contributed by atoms with Crippen LogP contribution in [0.2, 0.25) is 0 Å². The molecule has 0 aliphatic heterocycles. The first-order chi connectivity index (χ1) is 4.83. The minimum absolute atomic E-state index is 0.762. The van der Waals surface area contributed by atoms with E-state index >= 15 is 0 Å². The fraction of sp³-hybridized carbons (Fsp3) is 0.667. The summed E-state index contributed by atoms with van der Waals surface area (Å²) in [7, 11) is 0. The average Bonchev–Trinajstić information content (AvgIpc) is 2.40. The van der Waals surface area contributed by atoms with E-state index in [1.54, 1.807) is 0 Å². The van der Waals surface area contributed by atoms with Crippen molar-refractivity contribution in [3.05, 3.63) is 12.2 Å². The Balaban J connectivity index is 2.23. The van der Waals surface area contributed by atoms with Crippen LogP contribution in [-0.4, -0.2) is 6.29 Å². The fourth-order valence-corrected chi connectivity index (χ4v) is 1.63. The van der Waals surface area contributed by atoms with Crippen LogP contribution < -0.4 is 0 Å². The van der Waals surface area contributed by atoms with Crippen molar-refractivity contribution in [2.75, 3.05) is 0 Å². The van der Waals surface area contributed by atoms with Crippen LogP contribution in [0.3, 0.4) is 0 Å². The summed E-state index contributed by atoms with van der Waals surface area (Å²) in [6, 6.07) is 0. The Morgan fingerprint density at radius 2 is 2.10 bits per heavy atom. The molecule has 0 amide bonds. The highest BCUT2D eigenvalue weighted by atomic mass is 16.1. The Kier molecular flexibility index (Phi) is 2.67. The van der Waals surface area contributed by atoms with E-state index in [0.29, 0.717) is 0 Å². The zero-order valence-electron chi connectivity index (χ0n) is 6.31. The summed E-state index contributed by atoms with van der Waals surface area (Å²) in [5.41, 5.74) is 0.770. The normalized spacial score (nSPS) is 19.2. The number of carbonyl (C=O) groups excluding carboxylic acids is 1. The van der Waals surface area contributed by atoms with E-state index in [4.69, 9.17) is 0 Å². The van der Waals surface area contributed by atoms with Gasteiger partial charge in [0.05, 0.1) is 0 Å². The van der Waals surface area contributed by atoms with Gasteiger partial charge in [-0.3, -0.25) is 4.79 Å². The van der Waals surface area contributed by atoms with Crippen molar-refractivity contribution in [1.82, 2.24) is 0 Å². The number of rotatable bonds is 3. The van der Waals surface area contributed by atoms with E-state index in [9.17, 15) is 4.79 Å². The van der Waals surface area contributed by atoms with Crippen molar-refractivity contribution in [2.24, 2.45) is 5.92 Å². The lowest BCUT2D eigenvalue weighted by molar-refractivity contribution is -0.105. The standard InChI is InChI=1S/C9H14O/c1-8(7-10)6-9-4-2-3-5-9/h7,9H,1-6H2. The summed E-state index contributed by atoms with van der Waals surface area (Å²) in [5, 5.41) is 0. The average molecular weight is 138 g/mol. The third-order valence-corrected chi connectivity index (χ3v) is 2.19. The summed E-state index contributed by atoms with van der Waals surface area (Å²) < 4.78 is 0. The first-order valence-electron chi connectivity index (χ1n) is 3.96. The van der Waals surface area contributed by atoms with Gasteiger partial charge in [0, 0.05) is 0 Å². The lowest BCUT2D eigenvalue weighted by Gasteiger charge is -2.05. The van der Waals surface area contributed by atoms with Gasteiger partial charge in [0.1, 0.15) is 6.29 Å². The van der Waals surface area contributed by atoms with Crippen molar-refractivity contribution < 1.29 is 4.79 Å². The van der Waals surface area contributed by atoms with Crippen molar-refractivity contribution in [2.45, 2.75) is 32.1 Å². The van der Waals surface area contributed by atoms with Crippen molar-refractivity contribution in [3.63, 3.8) is 0 Å². The van der Waals surface area contributed by atoms with Gasteiger partial charge in [-0.2, -0.15) is 0 Å². The highest BCUT2D eigenvalue weighted by molar-refractivity contribution is 5.71. The van der Waals surface area contributed by atoms with Gasteiger partial charge in [-0.05, 0) is 17.9 Å². The van der Waals surface area contributed by atoms with Crippen molar-refractivity contribution in [3.8, 4) is 0 Å². The molecule has 1 aliphatic carbocycles. The summed E-state index contributed by atoms with van der Waals surface area (Å²) in [6.45, 7) is 3.67. The maximum Gasteiger partial charge on any atom is 0.145 e. The van der Waals surface area contributed by atoms with Crippen molar-refractivity contribution in [1.29, 1.82) is 0 Å². The van der Waals surface area contributed by atoms with Crippen LogP contribution >= 0.6 is 0 Å². The molecule has 1 heteroatoms. The third-order valence-electron chi connectivity index (χ3n) is 2.19. The largest absolute Gasteiger partial charge is 0.298 e. The molecule has 10 heavy (non-hydrogen) atoms. The Morgan fingerprint density at radius 3 is 2.60 bits per heavy atom. The monoisotopic (exact) mass is 138 g/mol. The smallest absolute Gasteiger partial charge is 0.145 e. The van der Waals surface area contributed by atoms with Gasteiger partial charge in [-0.25, -0.2) is 0 Å². The van der Waals surface area contributed by atoms with E-state index < -0.39 is 0 Å². The minimum Gasteiger partial charge on any atom is -0.298 e. The van der Waals surface area contributed by atoms with E-state index in [2.05, 4.69) is 6.58 Å².